The van der Waals surface area contributed by atoms with Gasteiger partial charge in [-0.1, -0.05) is 55.8 Å². The minimum Gasteiger partial charge on any atom is -0.490 e. The molecule has 0 aliphatic carbocycles. The molecule has 2 aromatic rings. The van der Waals surface area contributed by atoms with Gasteiger partial charge in [0.1, 0.15) is 11.9 Å². The number of ether oxygens (including phenoxy) is 2. The largest absolute Gasteiger partial charge is 0.490 e. The quantitative estimate of drug-likeness (QED) is 0.801. The lowest BCUT2D eigenvalue weighted by atomic mass is 9.78. The monoisotopic (exact) mass is 310 g/mol. The van der Waals surface area contributed by atoms with E-state index in [-0.39, 0.29) is 5.41 Å². The lowest BCUT2D eigenvalue weighted by Gasteiger charge is -2.27. The van der Waals surface area contributed by atoms with Crippen molar-refractivity contribution in [3.63, 3.8) is 0 Å². The molecule has 3 rings (SSSR count). The molecule has 0 spiro atoms. The van der Waals surface area contributed by atoms with E-state index in [0.29, 0.717) is 6.10 Å². The summed E-state index contributed by atoms with van der Waals surface area (Å²) in [6, 6.07) is 17.4. The van der Waals surface area contributed by atoms with Crippen molar-refractivity contribution in [1.29, 1.82) is 0 Å². The molecule has 23 heavy (non-hydrogen) atoms. The zero-order chi connectivity index (χ0) is 16.3. The van der Waals surface area contributed by atoms with Crippen molar-refractivity contribution in [3.05, 3.63) is 65.2 Å². The van der Waals surface area contributed by atoms with E-state index >= 15 is 0 Å². The number of hydrogen-bond acceptors (Lipinski definition) is 2. The molecule has 1 heterocycles. The molecule has 0 radical (unpaired) electrons. The second-order valence-electron chi connectivity index (χ2n) is 6.94. The van der Waals surface area contributed by atoms with Gasteiger partial charge in [-0.3, -0.25) is 0 Å². The highest BCUT2D eigenvalue weighted by Crippen LogP contribution is 2.32. The summed E-state index contributed by atoms with van der Waals surface area (Å²) in [5.41, 5.74) is 3.93. The van der Waals surface area contributed by atoms with Crippen molar-refractivity contribution in [1.82, 2.24) is 0 Å². The molecule has 2 heteroatoms. The average Bonchev–Trinajstić information content (AvgIpc) is 2.57. The Labute approximate surface area is 139 Å². The van der Waals surface area contributed by atoms with Crippen LogP contribution in [0.15, 0.2) is 48.5 Å². The van der Waals surface area contributed by atoms with Gasteiger partial charge in [0, 0.05) is 18.3 Å². The highest BCUT2D eigenvalue weighted by atomic mass is 16.5. The fraction of sp³-hybridized carbons (Fsp3) is 0.429. The molecular weight excluding hydrogens is 284 g/mol. The summed E-state index contributed by atoms with van der Waals surface area (Å²) >= 11 is 0. The van der Waals surface area contributed by atoms with Crippen LogP contribution in [0.2, 0.25) is 0 Å². The van der Waals surface area contributed by atoms with Crippen molar-refractivity contribution in [2.75, 3.05) is 13.2 Å². The van der Waals surface area contributed by atoms with E-state index in [1.807, 2.05) is 0 Å². The van der Waals surface area contributed by atoms with Crippen molar-refractivity contribution in [2.45, 2.75) is 45.1 Å². The van der Waals surface area contributed by atoms with E-state index in [0.717, 1.165) is 31.8 Å². The second kappa shape index (κ2) is 6.76. The van der Waals surface area contributed by atoms with E-state index in [1.54, 1.807) is 0 Å². The molecule has 1 aliphatic rings. The Bertz CT molecular complexity index is 620. The van der Waals surface area contributed by atoms with Crippen LogP contribution < -0.4 is 4.74 Å². The Kier molecular flexibility index (Phi) is 4.72. The molecule has 2 aromatic carbocycles. The maximum absolute atomic E-state index is 6.06. The van der Waals surface area contributed by atoms with Gasteiger partial charge in [0.2, 0.25) is 0 Å². The summed E-state index contributed by atoms with van der Waals surface area (Å²) in [5.74, 6) is 0.959. The molecule has 2 nitrogen and oxygen atoms in total. The highest BCUT2D eigenvalue weighted by molar-refractivity contribution is 5.40. The molecule has 0 amide bonds. The predicted octanol–water partition coefficient (Wildman–Crippen LogP) is 4.88. The summed E-state index contributed by atoms with van der Waals surface area (Å²) in [6.07, 6.45) is 2.26. The van der Waals surface area contributed by atoms with E-state index in [4.69, 9.17) is 9.47 Å². The summed E-state index contributed by atoms with van der Waals surface area (Å²) in [4.78, 5) is 0. The molecular formula is C21H26O2. The molecule has 0 aromatic heterocycles. The van der Waals surface area contributed by atoms with Crippen LogP contribution in [0.1, 0.15) is 43.4 Å². The van der Waals surface area contributed by atoms with Crippen LogP contribution in [0.4, 0.5) is 0 Å². The molecule has 1 fully saturated rings. The third-order valence-corrected chi connectivity index (χ3v) is 4.82. The van der Waals surface area contributed by atoms with Gasteiger partial charge < -0.3 is 9.47 Å². The predicted molar refractivity (Wildman–Crippen MR) is 94.2 cm³/mol. The van der Waals surface area contributed by atoms with E-state index < -0.39 is 0 Å². The van der Waals surface area contributed by atoms with Crippen LogP contribution >= 0.6 is 0 Å². The number of rotatable bonds is 4. The van der Waals surface area contributed by atoms with E-state index in [2.05, 4.69) is 69.3 Å². The summed E-state index contributed by atoms with van der Waals surface area (Å²) in [6.45, 7) is 8.28. The topological polar surface area (TPSA) is 18.5 Å². The van der Waals surface area contributed by atoms with Gasteiger partial charge in [-0.2, -0.15) is 0 Å². The van der Waals surface area contributed by atoms with Gasteiger partial charge in [0.25, 0.3) is 0 Å². The molecule has 122 valence electrons. The van der Waals surface area contributed by atoms with Gasteiger partial charge in [-0.25, -0.2) is 0 Å². The normalized spacial score (nSPS) is 16.3. The fourth-order valence-corrected chi connectivity index (χ4v) is 3.07. The SMILES string of the molecule is Cc1ccc(C(C)(C)c2ccc(OC3CCOCC3)cc2)cc1. The van der Waals surface area contributed by atoms with Crippen molar-refractivity contribution < 1.29 is 9.47 Å². The smallest absolute Gasteiger partial charge is 0.119 e. The third-order valence-electron chi connectivity index (χ3n) is 4.82. The first-order valence-electron chi connectivity index (χ1n) is 8.48. The Morgan fingerprint density at radius 3 is 1.96 bits per heavy atom. The van der Waals surface area contributed by atoms with Crippen molar-refractivity contribution in [3.8, 4) is 5.75 Å². The van der Waals surface area contributed by atoms with E-state index in [9.17, 15) is 0 Å². The Morgan fingerprint density at radius 2 is 1.39 bits per heavy atom. The van der Waals surface area contributed by atoms with Gasteiger partial charge in [0.05, 0.1) is 13.2 Å². The third kappa shape index (κ3) is 3.76. The number of benzene rings is 2. The average molecular weight is 310 g/mol. The lowest BCUT2D eigenvalue weighted by molar-refractivity contribution is 0.0255. The van der Waals surface area contributed by atoms with E-state index in [1.165, 1.54) is 16.7 Å². The minimum atomic E-state index is -0.00902. The van der Waals surface area contributed by atoms with Gasteiger partial charge in [-0.15, -0.1) is 0 Å². The summed E-state index contributed by atoms with van der Waals surface area (Å²) in [5, 5.41) is 0. The standard InChI is InChI=1S/C21H26O2/c1-16-4-6-17(7-5-16)21(2,3)18-8-10-19(11-9-18)23-20-12-14-22-15-13-20/h4-11,20H,12-15H2,1-3H3. The Hall–Kier alpha value is -1.80. The first kappa shape index (κ1) is 16.1. The zero-order valence-electron chi connectivity index (χ0n) is 14.3. The maximum atomic E-state index is 6.06. The maximum Gasteiger partial charge on any atom is 0.119 e. The Morgan fingerprint density at radius 1 is 0.870 bits per heavy atom. The van der Waals surface area contributed by atoms with Crippen molar-refractivity contribution in [2.24, 2.45) is 0 Å². The summed E-state index contributed by atoms with van der Waals surface area (Å²) in [7, 11) is 0. The van der Waals surface area contributed by atoms with Crippen LogP contribution in [0.5, 0.6) is 5.75 Å². The molecule has 0 bridgehead atoms. The van der Waals surface area contributed by atoms with Crippen LogP contribution in [0, 0.1) is 6.92 Å². The van der Waals surface area contributed by atoms with Gasteiger partial charge in [0.15, 0.2) is 0 Å². The molecule has 0 unspecified atom stereocenters. The fourth-order valence-electron chi connectivity index (χ4n) is 3.07. The number of aryl methyl sites for hydroxylation is 1. The lowest BCUT2D eigenvalue weighted by Crippen LogP contribution is -2.26. The van der Waals surface area contributed by atoms with Crippen LogP contribution in [-0.2, 0) is 10.2 Å². The van der Waals surface area contributed by atoms with Gasteiger partial charge >= 0.3 is 0 Å². The molecule has 1 aliphatic heterocycles. The summed E-state index contributed by atoms with van der Waals surface area (Å²) < 4.78 is 11.4. The van der Waals surface area contributed by atoms with Crippen LogP contribution in [0.3, 0.4) is 0 Å². The van der Waals surface area contributed by atoms with Crippen molar-refractivity contribution >= 4 is 0 Å². The molecule has 1 saturated heterocycles. The minimum absolute atomic E-state index is 0.00902. The first-order valence-corrected chi connectivity index (χ1v) is 8.48. The molecule has 0 saturated carbocycles. The highest BCUT2D eigenvalue weighted by Gasteiger charge is 2.23. The Balaban J connectivity index is 1.73. The number of hydrogen-bond donors (Lipinski definition) is 0. The molecule has 0 N–H and O–H groups in total. The van der Waals surface area contributed by atoms with Gasteiger partial charge in [-0.05, 0) is 30.2 Å². The van der Waals surface area contributed by atoms with Crippen LogP contribution in [-0.4, -0.2) is 19.3 Å². The first-order chi connectivity index (χ1) is 11.1. The molecule has 0 atom stereocenters. The second-order valence-corrected chi connectivity index (χ2v) is 6.94. The zero-order valence-corrected chi connectivity index (χ0v) is 14.3. The van der Waals surface area contributed by atoms with Crippen LogP contribution in [0.25, 0.3) is 0 Å².